The number of ether oxygens (including phenoxy) is 2. The highest BCUT2D eigenvalue weighted by atomic mass is 16.5. The van der Waals surface area contributed by atoms with E-state index in [9.17, 15) is 9.59 Å². The van der Waals surface area contributed by atoms with E-state index in [1.807, 2.05) is 60.7 Å². The molecule has 0 aliphatic carbocycles. The van der Waals surface area contributed by atoms with Crippen molar-refractivity contribution in [3.63, 3.8) is 0 Å². The normalized spacial score (nSPS) is 11.2. The molecule has 0 aliphatic heterocycles. The molecule has 5 rings (SSSR count). The van der Waals surface area contributed by atoms with Gasteiger partial charge in [-0.2, -0.15) is 10.2 Å². The highest BCUT2D eigenvalue weighted by Gasteiger charge is 2.05. The molecule has 10 nitrogen and oxygen atoms in total. The maximum Gasteiger partial charge on any atom is 0.277 e. The average Bonchev–Trinajstić information content (AvgIpc) is 2.99. The molecule has 0 bridgehead atoms. The summed E-state index contributed by atoms with van der Waals surface area (Å²) >= 11 is 0. The van der Waals surface area contributed by atoms with Gasteiger partial charge < -0.3 is 9.47 Å². The molecule has 0 radical (unpaired) electrons. The van der Waals surface area contributed by atoms with Crippen LogP contribution in [-0.2, 0) is 9.59 Å². The van der Waals surface area contributed by atoms with Crippen molar-refractivity contribution in [2.75, 3.05) is 13.2 Å². The number of pyridine rings is 2. The van der Waals surface area contributed by atoms with E-state index in [1.54, 1.807) is 42.9 Å². The van der Waals surface area contributed by atoms with Crippen LogP contribution < -0.4 is 20.3 Å². The molecule has 2 aromatic heterocycles. The summed E-state index contributed by atoms with van der Waals surface area (Å²) in [6.45, 7) is -0.442. The molecule has 3 aromatic carbocycles. The van der Waals surface area contributed by atoms with Gasteiger partial charge in [-0.3, -0.25) is 19.6 Å². The highest BCUT2D eigenvalue weighted by molar-refractivity contribution is 5.98. The third-order valence-electron chi connectivity index (χ3n) is 5.65. The molecule has 5 aromatic rings. The van der Waals surface area contributed by atoms with Crippen LogP contribution in [0, 0.1) is 0 Å². The minimum Gasteiger partial charge on any atom is -0.484 e. The first-order valence-corrected chi connectivity index (χ1v) is 12.3. The summed E-state index contributed by atoms with van der Waals surface area (Å²) in [4.78, 5) is 32.8. The van der Waals surface area contributed by atoms with E-state index in [2.05, 4.69) is 31.0 Å². The number of fused-ring (bicyclic) bond motifs is 2. The van der Waals surface area contributed by atoms with Crippen LogP contribution >= 0.6 is 0 Å². The summed E-state index contributed by atoms with van der Waals surface area (Å²) in [5.41, 5.74) is 8.20. The number of benzene rings is 3. The average molecular weight is 533 g/mol. The van der Waals surface area contributed by atoms with Gasteiger partial charge >= 0.3 is 0 Å². The molecule has 198 valence electrons. The van der Waals surface area contributed by atoms with E-state index in [1.165, 1.54) is 6.21 Å². The molecule has 40 heavy (non-hydrogen) atoms. The third kappa shape index (κ3) is 7.01. The molecule has 0 unspecified atom stereocenters. The molecule has 2 N–H and O–H groups in total. The second-order valence-corrected chi connectivity index (χ2v) is 8.51. The van der Waals surface area contributed by atoms with E-state index >= 15 is 0 Å². The number of carbonyl (C=O) groups excluding carboxylic acids is 2. The van der Waals surface area contributed by atoms with Gasteiger partial charge in [-0.1, -0.05) is 36.4 Å². The molecule has 0 spiro atoms. The predicted octanol–water partition coefficient (Wildman–Crippen LogP) is 3.84. The van der Waals surface area contributed by atoms with Crippen molar-refractivity contribution < 1.29 is 19.1 Å². The number of aromatic nitrogens is 2. The Labute approximate surface area is 229 Å². The first-order valence-electron chi connectivity index (χ1n) is 12.3. The van der Waals surface area contributed by atoms with E-state index in [0.717, 1.165) is 32.9 Å². The SMILES string of the molecule is O=C(COc1ccc(OCC(=O)N/N=C/c2ccnc3ccccc23)cc1)N/N=C/c1cnc2ccccc2c1. The van der Waals surface area contributed by atoms with Crippen molar-refractivity contribution in [1.82, 2.24) is 20.8 Å². The van der Waals surface area contributed by atoms with Crippen LogP contribution in [0.25, 0.3) is 21.8 Å². The van der Waals surface area contributed by atoms with E-state index in [-0.39, 0.29) is 13.2 Å². The summed E-state index contributed by atoms with van der Waals surface area (Å²) < 4.78 is 11.0. The van der Waals surface area contributed by atoms with Crippen molar-refractivity contribution in [3.8, 4) is 11.5 Å². The van der Waals surface area contributed by atoms with Gasteiger partial charge in [0.2, 0.25) is 0 Å². The zero-order valence-electron chi connectivity index (χ0n) is 21.2. The molecule has 0 saturated carbocycles. The molecule has 2 heterocycles. The van der Waals surface area contributed by atoms with Gasteiger partial charge in [-0.25, -0.2) is 10.9 Å². The number of hydrogen-bond donors (Lipinski definition) is 2. The summed E-state index contributed by atoms with van der Waals surface area (Å²) in [7, 11) is 0. The van der Waals surface area contributed by atoms with Crippen molar-refractivity contribution >= 4 is 46.0 Å². The van der Waals surface area contributed by atoms with Crippen LogP contribution in [0.3, 0.4) is 0 Å². The van der Waals surface area contributed by atoms with Crippen LogP contribution in [-0.4, -0.2) is 47.4 Å². The molecular weight excluding hydrogens is 508 g/mol. The molecule has 0 atom stereocenters. The maximum atomic E-state index is 12.1. The zero-order chi connectivity index (χ0) is 27.6. The fraction of sp³-hybridized carbons (Fsp3) is 0.0667. The Morgan fingerprint density at radius 1 is 0.725 bits per heavy atom. The van der Waals surface area contributed by atoms with Gasteiger partial charge in [-0.05, 0) is 48.5 Å². The minimum atomic E-state index is -0.415. The summed E-state index contributed by atoms with van der Waals surface area (Å²) in [6.07, 6.45) is 6.45. The Bertz CT molecular complexity index is 1700. The Kier molecular flexibility index (Phi) is 8.28. The lowest BCUT2D eigenvalue weighted by molar-refractivity contribution is -0.123. The third-order valence-corrected chi connectivity index (χ3v) is 5.65. The van der Waals surface area contributed by atoms with E-state index < -0.39 is 11.8 Å². The fourth-order valence-electron chi connectivity index (χ4n) is 3.74. The van der Waals surface area contributed by atoms with Gasteiger partial charge in [0, 0.05) is 34.3 Å². The van der Waals surface area contributed by atoms with Crippen molar-refractivity contribution in [3.05, 3.63) is 108 Å². The first kappa shape index (κ1) is 26.0. The quantitative estimate of drug-likeness (QED) is 0.208. The maximum absolute atomic E-state index is 12.1. The number of hydrazone groups is 2. The van der Waals surface area contributed by atoms with Crippen LogP contribution in [0.15, 0.2) is 108 Å². The van der Waals surface area contributed by atoms with Crippen LogP contribution in [0.5, 0.6) is 11.5 Å². The molecule has 0 fully saturated rings. The summed E-state index contributed by atoms with van der Waals surface area (Å²) in [6, 6.07) is 25.7. The van der Waals surface area contributed by atoms with E-state index in [0.29, 0.717) is 11.5 Å². The second kappa shape index (κ2) is 12.7. The number of rotatable bonds is 10. The number of nitrogens with one attached hydrogen (secondary N) is 2. The van der Waals surface area contributed by atoms with Crippen LogP contribution in [0.2, 0.25) is 0 Å². The van der Waals surface area contributed by atoms with Crippen molar-refractivity contribution in [1.29, 1.82) is 0 Å². The number of hydrogen-bond acceptors (Lipinski definition) is 8. The topological polar surface area (TPSA) is 127 Å². The van der Waals surface area contributed by atoms with Crippen LogP contribution in [0.1, 0.15) is 11.1 Å². The van der Waals surface area contributed by atoms with Crippen molar-refractivity contribution in [2.24, 2.45) is 10.2 Å². The van der Waals surface area contributed by atoms with Gasteiger partial charge in [0.05, 0.1) is 23.5 Å². The van der Waals surface area contributed by atoms with Gasteiger partial charge in [0.15, 0.2) is 13.2 Å². The lowest BCUT2D eigenvalue weighted by Crippen LogP contribution is -2.25. The molecule has 2 amide bonds. The summed E-state index contributed by atoms with van der Waals surface area (Å²) in [5, 5.41) is 9.88. The second-order valence-electron chi connectivity index (χ2n) is 8.51. The molecule has 0 saturated heterocycles. The Balaban J connectivity index is 1.03. The first-order chi connectivity index (χ1) is 19.6. The Hall–Kier alpha value is -5.64. The largest absolute Gasteiger partial charge is 0.484 e. The Morgan fingerprint density at radius 3 is 2.08 bits per heavy atom. The molecular formula is C30H24N6O4. The minimum absolute atomic E-state index is 0.220. The van der Waals surface area contributed by atoms with Gasteiger partial charge in [0.25, 0.3) is 11.8 Å². The number of amides is 2. The van der Waals surface area contributed by atoms with Gasteiger partial charge in [-0.15, -0.1) is 0 Å². The summed E-state index contributed by atoms with van der Waals surface area (Å²) in [5.74, 6) is 0.0995. The zero-order valence-corrected chi connectivity index (χ0v) is 21.2. The molecule has 0 aliphatic rings. The number of carbonyl (C=O) groups is 2. The Morgan fingerprint density at radius 2 is 1.35 bits per heavy atom. The number of para-hydroxylation sites is 2. The van der Waals surface area contributed by atoms with Crippen molar-refractivity contribution in [2.45, 2.75) is 0 Å². The monoisotopic (exact) mass is 532 g/mol. The van der Waals surface area contributed by atoms with Gasteiger partial charge in [0.1, 0.15) is 11.5 Å². The van der Waals surface area contributed by atoms with E-state index in [4.69, 9.17) is 9.47 Å². The standard InChI is InChI=1S/C30H24N6O4/c37-29(35-33-17-21-15-22-5-1-3-7-27(22)32-16-21)19-39-24-9-11-25(12-10-24)40-20-30(38)36-34-18-23-13-14-31-28-8-4-2-6-26(23)28/h1-18H,19-20H2,(H,35,37)(H,36,38)/b33-17+,34-18+. The van der Waals surface area contributed by atoms with Crippen LogP contribution in [0.4, 0.5) is 0 Å². The highest BCUT2D eigenvalue weighted by Crippen LogP contribution is 2.18. The number of nitrogens with zero attached hydrogens (tertiary/aromatic N) is 4. The predicted molar refractivity (Wildman–Crippen MR) is 152 cm³/mol. The smallest absolute Gasteiger partial charge is 0.277 e. The molecule has 10 heteroatoms. The lowest BCUT2D eigenvalue weighted by atomic mass is 10.1. The fourth-order valence-corrected chi connectivity index (χ4v) is 3.74. The lowest BCUT2D eigenvalue weighted by Gasteiger charge is -2.08.